The van der Waals surface area contributed by atoms with E-state index in [9.17, 15) is 4.79 Å². The molecule has 0 bridgehead atoms. The van der Waals surface area contributed by atoms with Crippen LogP contribution in [0, 0.1) is 18.3 Å². The minimum absolute atomic E-state index is 0.0785. The van der Waals surface area contributed by atoms with Gasteiger partial charge in [-0.3, -0.25) is 4.79 Å². The fraction of sp³-hybridized carbons (Fsp3) is 0.667. The number of nitrogens with two attached hydrogens (primary N) is 1. The molecule has 1 amide bonds. The molecule has 0 aliphatic carbocycles. The summed E-state index contributed by atoms with van der Waals surface area (Å²) in [7, 11) is 1.87. The van der Waals surface area contributed by atoms with E-state index in [1.54, 1.807) is 11.3 Å². The van der Waals surface area contributed by atoms with E-state index < -0.39 is 0 Å². The van der Waals surface area contributed by atoms with Gasteiger partial charge in [-0.1, -0.05) is 20.8 Å². The molecule has 0 spiro atoms. The van der Waals surface area contributed by atoms with E-state index in [4.69, 9.17) is 5.73 Å². The van der Waals surface area contributed by atoms with Crippen LogP contribution in [-0.4, -0.2) is 24.4 Å². The Labute approximate surface area is 120 Å². The number of rotatable bonds is 5. The van der Waals surface area contributed by atoms with E-state index in [0.717, 1.165) is 6.42 Å². The number of carbonyl (C=O) groups is 1. The van der Waals surface area contributed by atoms with Crippen molar-refractivity contribution < 1.29 is 4.79 Å². The minimum Gasteiger partial charge on any atom is -0.340 e. The van der Waals surface area contributed by atoms with E-state index in [2.05, 4.69) is 39.1 Å². The second-order valence-corrected chi connectivity index (χ2v) is 7.42. The number of aryl methyl sites for hydroxylation is 1. The summed E-state index contributed by atoms with van der Waals surface area (Å²) in [5.41, 5.74) is 7.16. The predicted molar refractivity (Wildman–Crippen MR) is 82.1 cm³/mol. The largest absolute Gasteiger partial charge is 0.340 e. The monoisotopic (exact) mass is 282 g/mol. The molecule has 2 N–H and O–H groups in total. The molecular formula is C15H26N2OS. The van der Waals surface area contributed by atoms with Crippen LogP contribution in [0.15, 0.2) is 11.4 Å². The van der Waals surface area contributed by atoms with Crippen molar-refractivity contribution in [2.45, 2.75) is 40.7 Å². The van der Waals surface area contributed by atoms with Crippen molar-refractivity contribution in [2.24, 2.45) is 17.1 Å². The Morgan fingerprint density at radius 2 is 2.11 bits per heavy atom. The highest BCUT2D eigenvalue weighted by atomic mass is 32.1. The van der Waals surface area contributed by atoms with E-state index in [1.165, 1.54) is 10.4 Å². The maximum Gasteiger partial charge on any atom is 0.227 e. The van der Waals surface area contributed by atoms with E-state index in [0.29, 0.717) is 13.1 Å². The first-order valence-electron chi connectivity index (χ1n) is 6.72. The molecule has 1 rings (SSSR count). The summed E-state index contributed by atoms with van der Waals surface area (Å²) in [6.45, 7) is 9.62. The Balaban J connectivity index is 2.67. The van der Waals surface area contributed by atoms with Crippen LogP contribution in [0.25, 0.3) is 0 Å². The van der Waals surface area contributed by atoms with Crippen LogP contribution in [0.1, 0.15) is 37.6 Å². The molecule has 108 valence electrons. The Morgan fingerprint density at radius 1 is 1.47 bits per heavy atom. The number of hydrogen-bond acceptors (Lipinski definition) is 3. The summed E-state index contributed by atoms with van der Waals surface area (Å²) in [5, 5.41) is 2.07. The number of hydrogen-bond donors (Lipinski definition) is 1. The Hall–Kier alpha value is -0.870. The van der Waals surface area contributed by atoms with Gasteiger partial charge >= 0.3 is 0 Å². The van der Waals surface area contributed by atoms with Gasteiger partial charge in [0.15, 0.2) is 0 Å². The maximum absolute atomic E-state index is 12.4. The van der Waals surface area contributed by atoms with E-state index in [1.807, 2.05) is 11.9 Å². The molecule has 1 atom stereocenters. The molecule has 0 saturated heterocycles. The lowest BCUT2D eigenvalue weighted by molar-refractivity contribution is -0.135. The molecule has 4 heteroatoms. The molecule has 0 radical (unpaired) electrons. The zero-order valence-electron chi connectivity index (χ0n) is 12.7. The SMILES string of the molecule is Cc1ccsc1CN(C)C(=O)C(CN)CC(C)(C)C. The summed E-state index contributed by atoms with van der Waals surface area (Å²) in [6, 6.07) is 2.09. The second-order valence-electron chi connectivity index (χ2n) is 6.42. The minimum atomic E-state index is -0.0785. The maximum atomic E-state index is 12.4. The molecule has 0 aromatic carbocycles. The van der Waals surface area contributed by atoms with Crippen molar-refractivity contribution in [1.82, 2.24) is 4.90 Å². The Morgan fingerprint density at radius 3 is 2.53 bits per heavy atom. The van der Waals surface area contributed by atoms with Gasteiger partial charge in [-0.2, -0.15) is 0 Å². The van der Waals surface area contributed by atoms with Crippen molar-refractivity contribution >= 4 is 17.2 Å². The number of amides is 1. The molecule has 0 aliphatic rings. The van der Waals surface area contributed by atoms with Crippen LogP contribution in [-0.2, 0) is 11.3 Å². The van der Waals surface area contributed by atoms with Gasteiger partial charge in [-0.05, 0) is 35.8 Å². The highest BCUT2D eigenvalue weighted by Crippen LogP contribution is 2.26. The van der Waals surface area contributed by atoms with Crippen molar-refractivity contribution in [2.75, 3.05) is 13.6 Å². The summed E-state index contributed by atoms with van der Waals surface area (Å²) in [5.74, 6) is 0.0792. The first-order chi connectivity index (χ1) is 8.74. The predicted octanol–water partition coefficient (Wildman–Crippen LogP) is 3.03. The van der Waals surface area contributed by atoms with Gasteiger partial charge in [0, 0.05) is 18.5 Å². The summed E-state index contributed by atoms with van der Waals surface area (Å²) < 4.78 is 0. The third-order valence-corrected chi connectivity index (χ3v) is 4.23. The quantitative estimate of drug-likeness (QED) is 0.902. The highest BCUT2D eigenvalue weighted by molar-refractivity contribution is 7.10. The lowest BCUT2D eigenvalue weighted by atomic mass is 9.84. The van der Waals surface area contributed by atoms with Gasteiger partial charge in [0.05, 0.1) is 12.5 Å². The number of carbonyl (C=O) groups excluding carboxylic acids is 1. The van der Waals surface area contributed by atoms with Crippen LogP contribution >= 0.6 is 11.3 Å². The fourth-order valence-electron chi connectivity index (χ4n) is 2.18. The molecule has 0 saturated carbocycles. The average Bonchev–Trinajstić information content (AvgIpc) is 2.70. The highest BCUT2D eigenvalue weighted by Gasteiger charge is 2.26. The molecule has 1 heterocycles. The summed E-state index contributed by atoms with van der Waals surface area (Å²) >= 11 is 1.70. The first-order valence-corrected chi connectivity index (χ1v) is 7.60. The normalized spacial score (nSPS) is 13.4. The topological polar surface area (TPSA) is 46.3 Å². The third-order valence-electron chi connectivity index (χ3n) is 3.22. The zero-order valence-corrected chi connectivity index (χ0v) is 13.5. The average molecular weight is 282 g/mol. The zero-order chi connectivity index (χ0) is 14.6. The van der Waals surface area contributed by atoms with Gasteiger partial charge in [-0.15, -0.1) is 11.3 Å². The number of nitrogens with zero attached hydrogens (tertiary/aromatic N) is 1. The Kier molecular flexibility index (Phi) is 5.56. The van der Waals surface area contributed by atoms with Gasteiger partial charge in [0.25, 0.3) is 0 Å². The fourth-order valence-corrected chi connectivity index (χ4v) is 3.14. The number of thiophene rings is 1. The van der Waals surface area contributed by atoms with Gasteiger partial charge in [-0.25, -0.2) is 0 Å². The van der Waals surface area contributed by atoms with Crippen LogP contribution in [0.2, 0.25) is 0 Å². The second kappa shape index (κ2) is 6.53. The molecular weight excluding hydrogens is 256 g/mol. The smallest absolute Gasteiger partial charge is 0.227 e. The van der Waals surface area contributed by atoms with Crippen molar-refractivity contribution in [3.05, 3.63) is 21.9 Å². The third kappa shape index (κ3) is 4.96. The van der Waals surface area contributed by atoms with Crippen LogP contribution in [0.5, 0.6) is 0 Å². The molecule has 1 unspecified atom stereocenters. The van der Waals surface area contributed by atoms with E-state index in [-0.39, 0.29) is 17.2 Å². The summed E-state index contributed by atoms with van der Waals surface area (Å²) in [6.07, 6.45) is 0.829. The Bertz CT molecular complexity index is 420. The standard InChI is InChI=1S/C15H26N2OS/c1-11-6-7-19-13(11)10-17(5)14(18)12(9-16)8-15(2,3)4/h6-7,12H,8-10,16H2,1-5H3. The van der Waals surface area contributed by atoms with Gasteiger partial charge < -0.3 is 10.6 Å². The summed E-state index contributed by atoms with van der Waals surface area (Å²) in [4.78, 5) is 15.5. The van der Waals surface area contributed by atoms with Gasteiger partial charge in [0.2, 0.25) is 5.91 Å². The van der Waals surface area contributed by atoms with Crippen molar-refractivity contribution in [3.8, 4) is 0 Å². The molecule has 0 aliphatic heterocycles. The lowest BCUT2D eigenvalue weighted by Crippen LogP contribution is -2.38. The molecule has 0 fully saturated rings. The first kappa shape index (κ1) is 16.2. The molecule has 1 aromatic rings. The van der Waals surface area contributed by atoms with Crippen LogP contribution in [0.4, 0.5) is 0 Å². The lowest BCUT2D eigenvalue weighted by Gasteiger charge is -2.28. The van der Waals surface area contributed by atoms with E-state index >= 15 is 0 Å². The van der Waals surface area contributed by atoms with Crippen molar-refractivity contribution in [3.63, 3.8) is 0 Å². The van der Waals surface area contributed by atoms with Crippen LogP contribution in [0.3, 0.4) is 0 Å². The van der Waals surface area contributed by atoms with Crippen LogP contribution < -0.4 is 5.73 Å². The van der Waals surface area contributed by atoms with Crippen molar-refractivity contribution in [1.29, 1.82) is 0 Å². The van der Waals surface area contributed by atoms with Gasteiger partial charge in [0.1, 0.15) is 0 Å². The molecule has 1 aromatic heterocycles. The molecule has 3 nitrogen and oxygen atoms in total. The molecule has 19 heavy (non-hydrogen) atoms.